The normalized spacial score (nSPS) is 15.4. The number of sulfonamides is 1. The minimum absolute atomic E-state index is 0.0180. The Bertz CT molecular complexity index is 973. The zero-order chi connectivity index (χ0) is 20.3. The summed E-state index contributed by atoms with van der Waals surface area (Å²) in [5.41, 5.74) is 0.680. The third-order valence-corrected chi connectivity index (χ3v) is 6.12. The molecule has 1 aliphatic rings. The second kappa shape index (κ2) is 8.15. The molecule has 2 aromatic rings. The lowest BCUT2D eigenvalue weighted by molar-refractivity contribution is 0.0697. The third-order valence-electron chi connectivity index (χ3n) is 4.75. The molecular weight excluding hydrogens is 385 g/mol. The maximum atomic E-state index is 13.3. The number of nitrogens with zero attached hydrogens (tertiary/aromatic N) is 2. The van der Waals surface area contributed by atoms with E-state index in [-0.39, 0.29) is 16.1 Å². The summed E-state index contributed by atoms with van der Waals surface area (Å²) in [7, 11) is -4.03. The summed E-state index contributed by atoms with van der Waals surface area (Å²) >= 11 is 0. The highest BCUT2D eigenvalue weighted by Crippen LogP contribution is 2.27. The Morgan fingerprint density at radius 1 is 1.14 bits per heavy atom. The number of carbonyl (C=O) groups is 1. The van der Waals surface area contributed by atoms with Gasteiger partial charge >= 0.3 is 5.97 Å². The minimum Gasteiger partial charge on any atom is -0.478 e. The molecule has 150 valence electrons. The van der Waals surface area contributed by atoms with Crippen LogP contribution < -0.4 is 9.62 Å². The smallest absolute Gasteiger partial charge is 0.337 e. The molecule has 3 rings (SSSR count). The molecule has 0 aromatic heterocycles. The van der Waals surface area contributed by atoms with Crippen LogP contribution in [0.4, 0.5) is 15.8 Å². The number of likely N-dealkylation sites (N-methyl/N-ethyl adjacent to an activating group) is 1. The number of halogens is 1. The Morgan fingerprint density at radius 2 is 1.86 bits per heavy atom. The second-order valence-electron chi connectivity index (χ2n) is 6.52. The summed E-state index contributed by atoms with van der Waals surface area (Å²) in [6, 6.07) is 9.04. The monoisotopic (exact) mass is 407 g/mol. The van der Waals surface area contributed by atoms with Gasteiger partial charge < -0.3 is 14.9 Å². The van der Waals surface area contributed by atoms with Crippen LogP contribution in [0.3, 0.4) is 0 Å². The molecule has 7 nitrogen and oxygen atoms in total. The molecule has 0 unspecified atom stereocenters. The molecule has 1 fully saturated rings. The SMILES string of the molecule is CCN1CCN(c2ccc(NS(=O)(=O)c3cccc(F)c3)cc2C(=O)O)CC1. The minimum atomic E-state index is -4.03. The van der Waals surface area contributed by atoms with Crippen LogP contribution in [0.2, 0.25) is 0 Å². The van der Waals surface area contributed by atoms with Gasteiger partial charge in [0.2, 0.25) is 0 Å². The van der Waals surface area contributed by atoms with Crippen molar-refractivity contribution in [1.82, 2.24) is 4.90 Å². The van der Waals surface area contributed by atoms with E-state index in [4.69, 9.17) is 0 Å². The maximum absolute atomic E-state index is 13.3. The van der Waals surface area contributed by atoms with Gasteiger partial charge in [-0.15, -0.1) is 0 Å². The average molecular weight is 407 g/mol. The fourth-order valence-electron chi connectivity index (χ4n) is 3.20. The topological polar surface area (TPSA) is 90.0 Å². The fraction of sp³-hybridized carbons (Fsp3) is 0.316. The van der Waals surface area contributed by atoms with Crippen LogP contribution in [0.5, 0.6) is 0 Å². The van der Waals surface area contributed by atoms with Crippen molar-refractivity contribution in [2.75, 3.05) is 42.3 Å². The number of hydrogen-bond acceptors (Lipinski definition) is 5. The van der Waals surface area contributed by atoms with Gasteiger partial charge in [0.15, 0.2) is 0 Å². The molecule has 0 amide bonds. The van der Waals surface area contributed by atoms with Gasteiger partial charge in [-0.3, -0.25) is 4.72 Å². The van der Waals surface area contributed by atoms with Gasteiger partial charge in [0.25, 0.3) is 10.0 Å². The van der Waals surface area contributed by atoms with Crippen LogP contribution in [0, 0.1) is 5.82 Å². The van der Waals surface area contributed by atoms with Crippen LogP contribution in [0.25, 0.3) is 0 Å². The number of benzene rings is 2. The summed E-state index contributed by atoms with van der Waals surface area (Å²) in [6.07, 6.45) is 0. The highest BCUT2D eigenvalue weighted by molar-refractivity contribution is 7.92. The molecule has 0 radical (unpaired) electrons. The molecule has 0 atom stereocenters. The first-order chi connectivity index (χ1) is 13.3. The molecule has 1 aliphatic heterocycles. The van der Waals surface area contributed by atoms with Crippen molar-refractivity contribution in [3.63, 3.8) is 0 Å². The largest absolute Gasteiger partial charge is 0.478 e. The van der Waals surface area contributed by atoms with Gasteiger partial charge in [0.05, 0.1) is 16.1 Å². The Kier molecular flexibility index (Phi) is 5.85. The van der Waals surface area contributed by atoms with E-state index >= 15 is 0 Å². The van der Waals surface area contributed by atoms with E-state index in [9.17, 15) is 22.7 Å². The van der Waals surface area contributed by atoms with Gasteiger partial charge in [0, 0.05) is 31.9 Å². The Labute approximate surface area is 163 Å². The predicted molar refractivity (Wildman–Crippen MR) is 105 cm³/mol. The Morgan fingerprint density at radius 3 is 2.46 bits per heavy atom. The number of carboxylic acids is 1. The Balaban J connectivity index is 1.86. The van der Waals surface area contributed by atoms with E-state index in [1.807, 2.05) is 4.90 Å². The maximum Gasteiger partial charge on any atom is 0.337 e. The lowest BCUT2D eigenvalue weighted by Crippen LogP contribution is -2.46. The first-order valence-corrected chi connectivity index (χ1v) is 10.4. The summed E-state index contributed by atoms with van der Waals surface area (Å²) in [5, 5.41) is 9.61. The molecule has 2 aromatic carbocycles. The highest BCUT2D eigenvalue weighted by Gasteiger charge is 2.22. The van der Waals surface area contributed by atoms with Crippen LogP contribution in [-0.4, -0.2) is 57.1 Å². The zero-order valence-corrected chi connectivity index (χ0v) is 16.2. The van der Waals surface area contributed by atoms with Gasteiger partial charge in [-0.2, -0.15) is 0 Å². The van der Waals surface area contributed by atoms with Crippen LogP contribution in [0.15, 0.2) is 47.4 Å². The molecule has 1 heterocycles. The molecule has 2 N–H and O–H groups in total. The lowest BCUT2D eigenvalue weighted by atomic mass is 10.1. The first-order valence-electron chi connectivity index (χ1n) is 8.93. The van der Waals surface area contributed by atoms with E-state index in [1.54, 1.807) is 6.07 Å². The standard InChI is InChI=1S/C19H22FN3O4S/c1-2-22-8-10-23(11-9-22)18-7-6-15(13-17(18)19(24)25)21-28(26,27)16-5-3-4-14(20)12-16/h3-7,12-13,21H,2,8-11H2,1H3,(H,24,25). The van der Waals surface area contributed by atoms with E-state index in [0.717, 1.165) is 31.8 Å². The van der Waals surface area contributed by atoms with Crippen molar-refractivity contribution in [3.05, 3.63) is 53.8 Å². The van der Waals surface area contributed by atoms with Crippen molar-refractivity contribution < 1.29 is 22.7 Å². The number of piperazine rings is 1. The highest BCUT2D eigenvalue weighted by atomic mass is 32.2. The summed E-state index contributed by atoms with van der Waals surface area (Å²) < 4.78 is 40.6. The third kappa shape index (κ3) is 4.42. The Hall–Kier alpha value is -2.65. The molecule has 9 heteroatoms. The predicted octanol–water partition coefficient (Wildman–Crippen LogP) is 2.47. The molecule has 0 bridgehead atoms. The number of hydrogen-bond donors (Lipinski definition) is 2. The van der Waals surface area contributed by atoms with Gasteiger partial charge in [-0.25, -0.2) is 17.6 Å². The first kappa shape index (κ1) is 20.1. The van der Waals surface area contributed by atoms with Crippen molar-refractivity contribution in [2.45, 2.75) is 11.8 Å². The number of anilines is 2. The molecule has 0 aliphatic carbocycles. The van der Waals surface area contributed by atoms with Crippen LogP contribution in [-0.2, 0) is 10.0 Å². The van der Waals surface area contributed by atoms with Crippen molar-refractivity contribution in [1.29, 1.82) is 0 Å². The molecule has 1 saturated heterocycles. The van der Waals surface area contributed by atoms with Crippen molar-refractivity contribution in [3.8, 4) is 0 Å². The molecule has 28 heavy (non-hydrogen) atoms. The summed E-state index contributed by atoms with van der Waals surface area (Å²) in [4.78, 5) is 15.8. The van der Waals surface area contributed by atoms with Gasteiger partial charge in [-0.05, 0) is 42.9 Å². The fourth-order valence-corrected chi connectivity index (χ4v) is 4.28. The number of rotatable bonds is 6. The molecular formula is C19H22FN3O4S. The van der Waals surface area contributed by atoms with Crippen LogP contribution >= 0.6 is 0 Å². The number of nitrogens with one attached hydrogen (secondary N) is 1. The summed E-state index contributed by atoms with van der Waals surface area (Å²) in [6.45, 7) is 6.09. The van der Waals surface area contributed by atoms with Gasteiger partial charge in [0.1, 0.15) is 5.82 Å². The van der Waals surface area contributed by atoms with Gasteiger partial charge in [-0.1, -0.05) is 13.0 Å². The van der Waals surface area contributed by atoms with Crippen LogP contribution in [0.1, 0.15) is 17.3 Å². The average Bonchev–Trinajstić information content (AvgIpc) is 2.68. The van der Waals surface area contributed by atoms with E-state index < -0.39 is 21.8 Å². The van der Waals surface area contributed by atoms with Crippen molar-refractivity contribution in [2.24, 2.45) is 0 Å². The molecule has 0 spiro atoms. The molecule has 0 saturated carbocycles. The summed E-state index contributed by atoms with van der Waals surface area (Å²) in [5.74, 6) is -1.81. The quantitative estimate of drug-likeness (QED) is 0.765. The number of aromatic carboxylic acids is 1. The van der Waals surface area contributed by atoms with E-state index in [2.05, 4.69) is 16.5 Å². The second-order valence-corrected chi connectivity index (χ2v) is 8.20. The lowest BCUT2D eigenvalue weighted by Gasteiger charge is -2.36. The van der Waals surface area contributed by atoms with E-state index in [0.29, 0.717) is 18.8 Å². The van der Waals surface area contributed by atoms with Crippen molar-refractivity contribution >= 4 is 27.4 Å². The zero-order valence-electron chi connectivity index (χ0n) is 15.4. The number of carboxylic acid groups (broad SMARTS) is 1. The van der Waals surface area contributed by atoms with E-state index in [1.165, 1.54) is 24.3 Å².